The molecule has 0 bridgehead atoms. The van der Waals surface area contributed by atoms with Crippen LogP contribution in [0.3, 0.4) is 0 Å². The van der Waals surface area contributed by atoms with Crippen LogP contribution in [-0.2, 0) is 10.7 Å². The van der Waals surface area contributed by atoms with Crippen LogP contribution in [0.15, 0.2) is 47.9 Å². The average molecular weight is 470 g/mol. The summed E-state index contributed by atoms with van der Waals surface area (Å²) < 4.78 is 33.5. The molecule has 1 unspecified atom stereocenters. The summed E-state index contributed by atoms with van der Waals surface area (Å²) in [5.74, 6) is -1.40. The predicted octanol–water partition coefficient (Wildman–Crippen LogP) is 6.13. The fourth-order valence-corrected chi connectivity index (χ4v) is 4.06. The van der Waals surface area contributed by atoms with Crippen LogP contribution >= 0.6 is 23.1 Å². The van der Waals surface area contributed by atoms with Gasteiger partial charge in [-0.1, -0.05) is 31.2 Å². The number of halogens is 2. The van der Waals surface area contributed by atoms with Crippen molar-refractivity contribution in [2.75, 3.05) is 5.75 Å². The Balaban J connectivity index is 0.00000107. The molecular weight excluding hydrogens is 444 g/mol. The van der Waals surface area contributed by atoms with Crippen LogP contribution in [0.4, 0.5) is 8.78 Å². The molecule has 1 saturated carbocycles. The van der Waals surface area contributed by atoms with Crippen molar-refractivity contribution in [2.24, 2.45) is 5.92 Å². The zero-order valence-corrected chi connectivity index (χ0v) is 18.8. The number of ether oxygens (including phenoxy) is 1. The minimum absolute atomic E-state index is 0.0937. The van der Waals surface area contributed by atoms with Crippen LogP contribution in [0.25, 0.3) is 0 Å². The Labute approximate surface area is 188 Å². The van der Waals surface area contributed by atoms with E-state index in [9.17, 15) is 13.6 Å². The van der Waals surface area contributed by atoms with Gasteiger partial charge in [0.05, 0.1) is 10.9 Å². The number of thiophene rings is 1. The van der Waals surface area contributed by atoms with E-state index in [1.165, 1.54) is 6.07 Å². The molecule has 2 aromatic rings. The molecule has 2 N–H and O–H groups in total. The smallest absolute Gasteiger partial charge is 0.290 e. The number of thioether (sulfide) groups is 1. The monoisotopic (exact) mass is 469 g/mol. The first kappa shape index (κ1) is 24.9. The summed E-state index contributed by atoms with van der Waals surface area (Å²) in [6.45, 7) is 2.63. The standard InChI is InChI=1S/C21H23F2NO2S2.CH2O2/c1-3-27-12-11-16(14-9-10-14)24-20(25)19-17(13-18(28-19)21(2,22)23)26-15-7-5-4-6-8-15;2-1-3/h4-8,11-14,16H,3,9-10H2,1-2H3,(H,24,25);1H,(H,2,3)/b12-11+;. The summed E-state index contributed by atoms with van der Waals surface area (Å²) in [6, 6.07) is 10.0. The van der Waals surface area contributed by atoms with Crippen LogP contribution in [0, 0.1) is 5.92 Å². The maximum absolute atomic E-state index is 13.9. The van der Waals surface area contributed by atoms with Gasteiger partial charge in [-0.2, -0.15) is 0 Å². The summed E-state index contributed by atoms with van der Waals surface area (Å²) >= 11 is 2.44. The Morgan fingerprint density at radius 2 is 2.03 bits per heavy atom. The average Bonchev–Trinajstić information content (AvgIpc) is 3.47. The molecule has 0 saturated heterocycles. The van der Waals surface area contributed by atoms with Gasteiger partial charge in [-0.15, -0.1) is 23.1 Å². The van der Waals surface area contributed by atoms with Crippen LogP contribution in [0.5, 0.6) is 11.5 Å². The van der Waals surface area contributed by atoms with Gasteiger partial charge in [0.25, 0.3) is 18.3 Å². The molecule has 1 aromatic carbocycles. The second-order valence-electron chi connectivity index (χ2n) is 6.83. The van der Waals surface area contributed by atoms with Crippen LogP contribution in [0.1, 0.15) is 41.2 Å². The zero-order chi connectivity index (χ0) is 22.9. The number of nitrogens with one attached hydrogen (secondary N) is 1. The first-order chi connectivity index (χ1) is 14.8. The lowest BCUT2D eigenvalue weighted by atomic mass is 10.2. The fourth-order valence-electron chi connectivity index (χ4n) is 2.67. The van der Waals surface area contributed by atoms with Crippen molar-refractivity contribution in [1.82, 2.24) is 5.32 Å². The second-order valence-corrected chi connectivity index (χ2v) is 9.07. The number of para-hydroxylation sites is 1. The minimum Gasteiger partial charge on any atom is -0.483 e. The molecule has 0 aliphatic heterocycles. The van der Waals surface area contributed by atoms with E-state index in [-0.39, 0.29) is 33.9 Å². The highest BCUT2D eigenvalue weighted by atomic mass is 32.2. The first-order valence-electron chi connectivity index (χ1n) is 9.72. The van der Waals surface area contributed by atoms with E-state index in [0.29, 0.717) is 11.7 Å². The van der Waals surface area contributed by atoms with E-state index in [0.717, 1.165) is 36.9 Å². The normalized spacial score (nSPS) is 14.5. The van der Waals surface area contributed by atoms with E-state index < -0.39 is 5.92 Å². The topological polar surface area (TPSA) is 75.6 Å². The van der Waals surface area contributed by atoms with Gasteiger partial charge in [-0.25, -0.2) is 8.78 Å². The Kier molecular flexibility index (Phi) is 9.51. The van der Waals surface area contributed by atoms with Gasteiger partial charge < -0.3 is 15.2 Å². The van der Waals surface area contributed by atoms with Crippen LogP contribution in [-0.4, -0.2) is 29.3 Å². The van der Waals surface area contributed by atoms with Gasteiger partial charge in [-0.05, 0) is 42.1 Å². The molecule has 1 amide bonds. The van der Waals surface area contributed by atoms with Crippen molar-refractivity contribution in [3.05, 3.63) is 57.6 Å². The maximum atomic E-state index is 13.9. The quantitative estimate of drug-likeness (QED) is 0.432. The van der Waals surface area contributed by atoms with Gasteiger partial charge in [0.15, 0.2) is 5.75 Å². The Hall–Kier alpha value is -2.39. The van der Waals surface area contributed by atoms with Gasteiger partial charge in [-0.3, -0.25) is 9.59 Å². The highest BCUT2D eigenvalue weighted by molar-refractivity contribution is 8.02. The highest BCUT2D eigenvalue weighted by Crippen LogP contribution is 2.41. The molecule has 168 valence electrons. The summed E-state index contributed by atoms with van der Waals surface area (Å²) in [5, 5.41) is 11.9. The molecule has 1 aromatic heterocycles. The molecule has 3 rings (SSSR count). The van der Waals surface area contributed by atoms with Crippen molar-refractivity contribution in [3.63, 3.8) is 0 Å². The SMILES string of the molecule is CCS/C=C/C(NC(=O)c1sc(C(C)(F)F)cc1Oc1ccccc1)C1CC1.O=CO. The lowest BCUT2D eigenvalue weighted by Crippen LogP contribution is -2.34. The van der Waals surface area contributed by atoms with Crippen molar-refractivity contribution < 1.29 is 28.2 Å². The molecule has 1 heterocycles. The van der Waals surface area contributed by atoms with Gasteiger partial charge in [0.2, 0.25) is 0 Å². The molecular formula is C22H25F2NO4S2. The molecule has 5 nitrogen and oxygen atoms in total. The number of hydrogen-bond donors (Lipinski definition) is 2. The molecule has 31 heavy (non-hydrogen) atoms. The van der Waals surface area contributed by atoms with Gasteiger partial charge in [0.1, 0.15) is 10.6 Å². The molecule has 1 aliphatic rings. The van der Waals surface area contributed by atoms with Gasteiger partial charge >= 0.3 is 0 Å². The third-order valence-electron chi connectivity index (χ3n) is 4.28. The molecule has 1 aliphatic carbocycles. The molecule has 0 spiro atoms. The zero-order valence-electron chi connectivity index (χ0n) is 17.2. The van der Waals surface area contributed by atoms with Crippen molar-refractivity contribution in [2.45, 2.75) is 38.7 Å². The number of carbonyl (C=O) groups is 2. The number of alkyl halides is 2. The lowest BCUT2D eigenvalue weighted by Gasteiger charge is -2.14. The Bertz CT molecular complexity index is 877. The third-order valence-corrected chi connectivity index (χ3v) is 6.25. The van der Waals surface area contributed by atoms with Crippen molar-refractivity contribution in [3.8, 4) is 11.5 Å². The molecule has 0 radical (unpaired) electrons. The number of amides is 1. The minimum atomic E-state index is -3.04. The van der Waals surface area contributed by atoms with E-state index in [1.54, 1.807) is 36.0 Å². The summed E-state index contributed by atoms with van der Waals surface area (Å²) in [4.78, 5) is 21.2. The predicted molar refractivity (Wildman–Crippen MR) is 120 cm³/mol. The Morgan fingerprint density at radius 1 is 1.39 bits per heavy atom. The van der Waals surface area contributed by atoms with Gasteiger partial charge in [0, 0.05) is 13.0 Å². The number of carbonyl (C=O) groups excluding carboxylic acids is 1. The lowest BCUT2D eigenvalue weighted by molar-refractivity contribution is -0.122. The summed E-state index contributed by atoms with van der Waals surface area (Å²) in [5.41, 5.74) is 0. The van der Waals surface area contributed by atoms with E-state index >= 15 is 0 Å². The van der Waals surface area contributed by atoms with Crippen molar-refractivity contribution >= 4 is 35.5 Å². The van der Waals surface area contributed by atoms with E-state index in [1.807, 2.05) is 17.6 Å². The summed E-state index contributed by atoms with van der Waals surface area (Å²) in [7, 11) is 0. The fraction of sp³-hybridized carbons (Fsp3) is 0.364. The number of rotatable bonds is 9. The molecule has 9 heteroatoms. The highest BCUT2D eigenvalue weighted by Gasteiger charge is 2.34. The van der Waals surface area contributed by atoms with E-state index in [2.05, 4.69) is 12.2 Å². The summed E-state index contributed by atoms with van der Waals surface area (Å²) in [6.07, 6.45) is 4.11. The van der Waals surface area contributed by atoms with Crippen molar-refractivity contribution in [1.29, 1.82) is 0 Å². The van der Waals surface area contributed by atoms with Crippen LogP contribution < -0.4 is 10.1 Å². The maximum Gasteiger partial charge on any atom is 0.290 e. The number of hydrogen-bond acceptors (Lipinski definition) is 5. The number of carboxylic acid groups (broad SMARTS) is 1. The molecule has 1 fully saturated rings. The number of benzene rings is 1. The van der Waals surface area contributed by atoms with E-state index in [4.69, 9.17) is 14.6 Å². The second kappa shape index (κ2) is 11.9. The molecule has 1 atom stereocenters. The third kappa shape index (κ3) is 7.99. The largest absolute Gasteiger partial charge is 0.483 e. The first-order valence-corrected chi connectivity index (χ1v) is 11.6. The van der Waals surface area contributed by atoms with Crippen LogP contribution in [0.2, 0.25) is 0 Å². The Morgan fingerprint density at radius 3 is 2.58 bits per heavy atom.